The third-order valence-electron chi connectivity index (χ3n) is 2.11. The van der Waals surface area contributed by atoms with Crippen LogP contribution in [0.25, 0.3) is 0 Å². The van der Waals surface area contributed by atoms with Gasteiger partial charge in [-0.15, -0.1) is 0 Å². The summed E-state index contributed by atoms with van der Waals surface area (Å²) >= 11 is 11.5. The first-order valence-electron chi connectivity index (χ1n) is 4.75. The molecular formula is C11H10Cl2N2O. The van der Waals surface area contributed by atoms with E-state index in [-0.39, 0.29) is 0 Å². The summed E-state index contributed by atoms with van der Waals surface area (Å²) in [5, 5.41) is 4.08. The second kappa shape index (κ2) is 4.76. The molecule has 0 aliphatic heterocycles. The topological polar surface area (TPSA) is 38.1 Å². The fourth-order valence-corrected chi connectivity index (χ4v) is 1.56. The van der Waals surface area contributed by atoms with Crippen molar-refractivity contribution in [3.63, 3.8) is 0 Å². The van der Waals surface area contributed by atoms with Crippen LogP contribution in [0.1, 0.15) is 11.3 Å². The Morgan fingerprint density at radius 2 is 2.19 bits per heavy atom. The lowest BCUT2D eigenvalue weighted by Gasteiger charge is -2.05. The van der Waals surface area contributed by atoms with E-state index in [0.29, 0.717) is 16.9 Å². The van der Waals surface area contributed by atoms with Crippen LogP contribution in [-0.4, -0.2) is 4.98 Å². The van der Waals surface area contributed by atoms with Crippen molar-refractivity contribution in [1.29, 1.82) is 0 Å². The van der Waals surface area contributed by atoms with Crippen LogP contribution in [0.5, 0.6) is 0 Å². The van der Waals surface area contributed by atoms with Gasteiger partial charge in [0.05, 0.1) is 18.4 Å². The molecule has 0 unspecified atom stereocenters. The third kappa shape index (κ3) is 2.68. The van der Waals surface area contributed by atoms with E-state index in [2.05, 4.69) is 10.3 Å². The maximum atomic E-state index is 5.83. The summed E-state index contributed by atoms with van der Waals surface area (Å²) in [5.41, 5.74) is 1.83. The molecule has 0 fully saturated rings. The standard InChI is InChI=1S/C11H10Cl2N2O/c1-7-4-8(5-15-11(7)13)14-6-9-2-3-10(12)16-9/h2-5,14H,6H2,1H3. The normalized spacial score (nSPS) is 10.4. The van der Waals surface area contributed by atoms with Crippen molar-refractivity contribution in [2.75, 3.05) is 5.32 Å². The van der Waals surface area contributed by atoms with Crippen LogP contribution in [-0.2, 0) is 6.54 Å². The highest BCUT2D eigenvalue weighted by Gasteiger charge is 2.01. The van der Waals surface area contributed by atoms with E-state index < -0.39 is 0 Å². The minimum Gasteiger partial charge on any atom is -0.448 e. The zero-order valence-corrected chi connectivity index (χ0v) is 10.1. The van der Waals surface area contributed by atoms with E-state index in [0.717, 1.165) is 17.0 Å². The van der Waals surface area contributed by atoms with Gasteiger partial charge in [0.25, 0.3) is 0 Å². The molecule has 1 N–H and O–H groups in total. The van der Waals surface area contributed by atoms with Crippen molar-refractivity contribution < 1.29 is 4.42 Å². The molecule has 84 valence electrons. The lowest BCUT2D eigenvalue weighted by molar-refractivity contribution is 0.520. The predicted molar refractivity (Wildman–Crippen MR) is 65.0 cm³/mol. The van der Waals surface area contributed by atoms with Crippen molar-refractivity contribution in [3.8, 4) is 0 Å². The molecule has 0 aromatic carbocycles. The van der Waals surface area contributed by atoms with E-state index in [4.69, 9.17) is 27.6 Å². The number of aromatic nitrogens is 1. The van der Waals surface area contributed by atoms with E-state index in [9.17, 15) is 0 Å². The highest BCUT2D eigenvalue weighted by molar-refractivity contribution is 6.30. The van der Waals surface area contributed by atoms with Gasteiger partial charge >= 0.3 is 0 Å². The first-order chi connectivity index (χ1) is 7.65. The maximum Gasteiger partial charge on any atom is 0.193 e. The molecule has 0 bridgehead atoms. The molecule has 0 spiro atoms. The van der Waals surface area contributed by atoms with Gasteiger partial charge in [0.15, 0.2) is 5.22 Å². The number of pyridine rings is 1. The Hall–Kier alpha value is -1.19. The molecule has 0 amide bonds. The number of anilines is 1. The molecule has 2 aromatic rings. The molecule has 0 aliphatic rings. The van der Waals surface area contributed by atoms with Gasteiger partial charge in [-0.1, -0.05) is 11.6 Å². The van der Waals surface area contributed by atoms with Crippen LogP contribution >= 0.6 is 23.2 Å². The second-order valence-corrected chi connectivity index (χ2v) is 4.12. The number of nitrogens with zero attached hydrogens (tertiary/aromatic N) is 1. The van der Waals surface area contributed by atoms with Crippen molar-refractivity contribution in [1.82, 2.24) is 4.98 Å². The highest BCUT2D eigenvalue weighted by atomic mass is 35.5. The fourth-order valence-electron chi connectivity index (χ4n) is 1.29. The van der Waals surface area contributed by atoms with Gasteiger partial charge in [0.1, 0.15) is 10.9 Å². The van der Waals surface area contributed by atoms with Crippen LogP contribution in [0.3, 0.4) is 0 Å². The largest absolute Gasteiger partial charge is 0.448 e. The average Bonchev–Trinajstić information content (AvgIpc) is 2.66. The molecule has 2 aromatic heterocycles. The molecule has 0 atom stereocenters. The number of furan rings is 1. The molecule has 5 heteroatoms. The van der Waals surface area contributed by atoms with Crippen molar-refractivity contribution in [2.45, 2.75) is 13.5 Å². The Kier molecular flexibility index (Phi) is 3.36. The van der Waals surface area contributed by atoms with Gasteiger partial charge in [-0.05, 0) is 42.3 Å². The lowest BCUT2D eigenvalue weighted by atomic mass is 10.3. The summed E-state index contributed by atoms with van der Waals surface area (Å²) in [7, 11) is 0. The summed E-state index contributed by atoms with van der Waals surface area (Å²) in [6, 6.07) is 5.47. The fraction of sp³-hybridized carbons (Fsp3) is 0.182. The van der Waals surface area contributed by atoms with E-state index in [1.165, 1.54) is 0 Å². The number of nitrogens with one attached hydrogen (secondary N) is 1. The summed E-state index contributed by atoms with van der Waals surface area (Å²) in [4.78, 5) is 4.04. The SMILES string of the molecule is Cc1cc(NCc2ccc(Cl)o2)cnc1Cl. The zero-order chi connectivity index (χ0) is 11.5. The first kappa shape index (κ1) is 11.3. The molecule has 16 heavy (non-hydrogen) atoms. The van der Waals surface area contributed by atoms with Gasteiger partial charge in [-0.2, -0.15) is 0 Å². The lowest BCUT2D eigenvalue weighted by Crippen LogP contribution is -1.99. The quantitative estimate of drug-likeness (QED) is 0.847. The second-order valence-electron chi connectivity index (χ2n) is 3.39. The molecule has 0 aliphatic carbocycles. The van der Waals surface area contributed by atoms with Gasteiger partial charge in [-0.25, -0.2) is 4.98 Å². The number of hydrogen-bond donors (Lipinski definition) is 1. The van der Waals surface area contributed by atoms with E-state index in [1.54, 1.807) is 12.3 Å². The van der Waals surface area contributed by atoms with Gasteiger partial charge in [-0.3, -0.25) is 0 Å². The summed E-state index contributed by atoms with van der Waals surface area (Å²) < 4.78 is 5.22. The predicted octanol–water partition coefficient (Wildman–Crippen LogP) is 3.90. The smallest absolute Gasteiger partial charge is 0.193 e. The minimum atomic E-state index is 0.391. The number of halogens is 2. The molecule has 0 saturated heterocycles. The van der Waals surface area contributed by atoms with E-state index >= 15 is 0 Å². The zero-order valence-electron chi connectivity index (χ0n) is 8.63. The number of hydrogen-bond acceptors (Lipinski definition) is 3. The Bertz CT molecular complexity index is 496. The minimum absolute atomic E-state index is 0.391. The van der Waals surface area contributed by atoms with Gasteiger partial charge in [0.2, 0.25) is 0 Å². The van der Waals surface area contributed by atoms with Crippen molar-refractivity contribution >= 4 is 28.9 Å². The Morgan fingerprint density at radius 1 is 1.38 bits per heavy atom. The third-order valence-corrected chi connectivity index (χ3v) is 2.71. The monoisotopic (exact) mass is 256 g/mol. The van der Waals surface area contributed by atoms with Crippen LogP contribution in [0.2, 0.25) is 10.4 Å². The number of rotatable bonds is 3. The highest BCUT2D eigenvalue weighted by Crippen LogP contribution is 2.18. The Morgan fingerprint density at radius 3 is 2.81 bits per heavy atom. The summed E-state index contributed by atoms with van der Waals surface area (Å²) in [6.45, 7) is 2.47. The molecule has 0 saturated carbocycles. The summed E-state index contributed by atoms with van der Waals surface area (Å²) in [6.07, 6.45) is 1.68. The molecule has 3 nitrogen and oxygen atoms in total. The number of aryl methyl sites for hydroxylation is 1. The van der Waals surface area contributed by atoms with Gasteiger partial charge in [0, 0.05) is 0 Å². The van der Waals surface area contributed by atoms with Crippen molar-refractivity contribution in [2.24, 2.45) is 0 Å². The molecule has 2 heterocycles. The van der Waals surface area contributed by atoms with Crippen LogP contribution in [0, 0.1) is 6.92 Å². The van der Waals surface area contributed by atoms with Crippen LogP contribution < -0.4 is 5.32 Å². The summed E-state index contributed by atoms with van der Waals surface area (Å²) in [5.74, 6) is 0.776. The first-order valence-corrected chi connectivity index (χ1v) is 5.51. The molecular weight excluding hydrogens is 247 g/mol. The molecule has 0 radical (unpaired) electrons. The van der Waals surface area contributed by atoms with Crippen LogP contribution in [0.4, 0.5) is 5.69 Å². The van der Waals surface area contributed by atoms with Gasteiger partial charge < -0.3 is 9.73 Å². The van der Waals surface area contributed by atoms with E-state index in [1.807, 2.05) is 19.1 Å². The Balaban J connectivity index is 2.02. The Labute approximate surface area is 103 Å². The molecule has 2 rings (SSSR count). The maximum absolute atomic E-state index is 5.83. The van der Waals surface area contributed by atoms with Crippen LogP contribution in [0.15, 0.2) is 28.8 Å². The van der Waals surface area contributed by atoms with Crippen molar-refractivity contribution in [3.05, 3.63) is 46.1 Å². The average molecular weight is 257 g/mol.